The molecule has 18 heavy (non-hydrogen) atoms. The molecule has 0 unspecified atom stereocenters. The second-order valence-corrected chi connectivity index (χ2v) is 5.05. The summed E-state index contributed by atoms with van der Waals surface area (Å²) in [6.07, 6.45) is 0.943. The lowest BCUT2D eigenvalue weighted by Crippen LogP contribution is -2.04. The summed E-state index contributed by atoms with van der Waals surface area (Å²) in [5, 5.41) is 5.45. The van der Waals surface area contributed by atoms with E-state index in [1.54, 1.807) is 12.1 Å². The number of nitrogens with zero attached hydrogens (tertiary/aromatic N) is 2. The summed E-state index contributed by atoms with van der Waals surface area (Å²) in [5.74, 6) is 0. The van der Waals surface area contributed by atoms with Gasteiger partial charge in [0.1, 0.15) is 0 Å². The van der Waals surface area contributed by atoms with Crippen molar-refractivity contribution in [1.82, 2.24) is 9.78 Å². The van der Waals surface area contributed by atoms with E-state index in [1.807, 2.05) is 18.5 Å². The summed E-state index contributed by atoms with van der Waals surface area (Å²) < 4.78 is 1.83. The topological polar surface area (TPSA) is 43.8 Å². The number of hydrogen-bond acceptors (Lipinski definition) is 2. The molecule has 5 heteroatoms. The summed E-state index contributed by atoms with van der Waals surface area (Å²) in [6, 6.07) is 3.40. The minimum absolute atomic E-state index is 0.454. The smallest absolute Gasteiger partial charge is 0.0894 e. The van der Waals surface area contributed by atoms with Crippen LogP contribution in [0, 0.1) is 13.8 Å². The van der Waals surface area contributed by atoms with Gasteiger partial charge < -0.3 is 5.73 Å². The molecule has 0 amide bonds. The molecule has 0 fully saturated rings. The van der Waals surface area contributed by atoms with Crippen LogP contribution in [0.2, 0.25) is 10.0 Å². The van der Waals surface area contributed by atoms with Crippen LogP contribution in [-0.2, 0) is 6.42 Å². The fourth-order valence-electron chi connectivity index (χ4n) is 2.16. The first-order valence-corrected chi connectivity index (χ1v) is 6.51. The minimum Gasteiger partial charge on any atom is -0.397 e. The molecule has 1 aromatic heterocycles. The third kappa shape index (κ3) is 2.08. The van der Waals surface area contributed by atoms with Gasteiger partial charge in [-0.25, -0.2) is 4.68 Å². The maximum Gasteiger partial charge on any atom is 0.0894 e. The predicted octanol–water partition coefficient (Wildman–Crippen LogP) is 3.94. The number of halogens is 2. The molecule has 0 aliphatic heterocycles. The number of hydrogen-bond donors (Lipinski definition) is 1. The highest BCUT2D eigenvalue weighted by atomic mass is 35.5. The average Bonchev–Trinajstić information content (AvgIpc) is 2.59. The van der Waals surface area contributed by atoms with E-state index in [0.717, 1.165) is 23.5 Å². The zero-order valence-corrected chi connectivity index (χ0v) is 12.1. The van der Waals surface area contributed by atoms with Gasteiger partial charge in [-0.3, -0.25) is 0 Å². The lowest BCUT2D eigenvalue weighted by Gasteiger charge is -2.10. The molecule has 0 saturated carbocycles. The molecule has 1 heterocycles. The van der Waals surface area contributed by atoms with E-state index in [9.17, 15) is 0 Å². The summed E-state index contributed by atoms with van der Waals surface area (Å²) in [5.41, 5.74) is 10.7. The van der Waals surface area contributed by atoms with Gasteiger partial charge in [0, 0.05) is 5.69 Å². The molecule has 3 nitrogen and oxygen atoms in total. The number of rotatable bonds is 2. The molecule has 0 radical (unpaired) electrons. The lowest BCUT2D eigenvalue weighted by molar-refractivity contribution is 0.835. The molecular formula is C13H15Cl2N3. The van der Waals surface area contributed by atoms with E-state index in [1.165, 1.54) is 5.56 Å². The molecule has 0 atom stereocenters. The molecule has 0 saturated heterocycles. The van der Waals surface area contributed by atoms with E-state index >= 15 is 0 Å². The molecule has 96 valence electrons. The molecule has 1 aromatic carbocycles. The Morgan fingerprint density at radius 3 is 2.39 bits per heavy atom. The van der Waals surface area contributed by atoms with Gasteiger partial charge in [-0.2, -0.15) is 5.10 Å². The summed E-state index contributed by atoms with van der Waals surface area (Å²) >= 11 is 12.0. The molecule has 2 aromatic rings. The summed E-state index contributed by atoms with van der Waals surface area (Å²) in [7, 11) is 0. The number of anilines is 1. The zero-order valence-electron chi connectivity index (χ0n) is 10.6. The van der Waals surface area contributed by atoms with Crippen molar-refractivity contribution in [1.29, 1.82) is 0 Å². The van der Waals surface area contributed by atoms with Gasteiger partial charge in [0.25, 0.3) is 0 Å². The number of benzene rings is 1. The van der Waals surface area contributed by atoms with Crippen LogP contribution < -0.4 is 5.73 Å². The van der Waals surface area contributed by atoms with Crippen LogP contribution in [0.25, 0.3) is 5.69 Å². The van der Waals surface area contributed by atoms with Crippen LogP contribution in [0.15, 0.2) is 12.1 Å². The third-order valence-corrected chi connectivity index (χ3v) is 3.81. The Kier molecular flexibility index (Phi) is 3.55. The highest BCUT2D eigenvalue weighted by Gasteiger charge is 2.14. The SMILES string of the molecule is CCc1c(C)nn(-c2cc(Cl)c(Cl)cc2N)c1C. The van der Waals surface area contributed by atoms with Crippen molar-refractivity contribution in [3.05, 3.63) is 39.1 Å². The van der Waals surface area contributed by atoms with Gasteiger partial charge in [0.05, 0.1) is 27.1 Å². The molecule has 0 spiro atoms. The Hall–Kier alpha value is -1.19. The van der Waals surface area contributed by atoms with Gasteiger partial charge >= 0.3 is 0 Å². The fourth-order valence-corrected chi connectivity index (χ4v) is 2.49. The Bertz CT molecular complexity index is 603. The van der Waals surface area contributed by atoms with Gasteiger partial charge in [-0.05, 0) is 38.0 Å². The van der Waals surface area contributed by atoms with Crippen molar-refractivity contribution in [2.45, 2.75) is 27.2 Å². The normalized spacial score (nSPS) is 10.9. The van der Waals surface area contributed by atoms with E-state index in [2.05, 4.69) is 12.0 Å². The van der Waals surface area contributed by atoms with Gasteiger partial charge in [0.2, 0.25) is 0 Å². The molecule has 2 N–H and O–H groups in total. The Labute approximate surface area is 117 Å². The van der Waals surface area contributed by atoms with E-state index in [0.29, 0.717) is 15.7 Å². The second-order valence-electron chi connectivity index (χ2n) is 4.24. The van der Waals surface area contributed by atoms with Crippen molar-refractivity contribution in [3.63, 3.8) is 0 Å². The largest absolute Gasteiger partial charge is 0.397 e. The monoisotopic (exact) mass is 283 g/mol. The van der Waals surface area contributed by atoms with Crippen molar-refractivity contribution < 1.29 is 0 Å². The Balaban J connectivity index is 2.66. The van der Waals surface area contributed by atoms with Crippen molar-refractivity contribution in [2.24, 2.45) is 0 Å². The van der Waals surface area contributed by atoms with E-state index < -0.39 is 0 Å². The second kappa shape index (κ2) is 4.82. The van der Waals surface area contributed by atoms with Crippen LogP contribution in [0.3, 0.4) is 0 Å². The third-order valence-electron chi connectivity index (χ3n) is 3.09. The highest BCUT2D eigenvalue weighted by molar-refractivity contribution is 6.42. The van der Waals surface area contributed by atoms with Crippen LogP contribution in [0.1, 0.15) is 23.9 Å². The fraction of sp³-hybridized carbons (Fsp3) is 0.308. The lowest BCUT2D eigenvalue weighted by atomic mass is 10.1. The molecule has 0 bridgehead atoms. The Morgan fingerprint density at radius 1 is 1.22 bits per heavy atom. The zero-order chi connectivity index (χ0) is 13.4. The minimum atomic E-state index is 0.454. The first kappa shape index (κ1) is 13.2. The van der Waals surface area contributed by atoms with Gasteiger partial charge in [-0.15, -0.1) is 0 Å². The molecular weight excluding hydrogens is 269 g/mol. The molecule has 0 aliphatic carbocycles. The average molecular weight is 284 g/mol. The maximum atomic E-state index is 6.04. The highest BCUT2D eigenvalue weighted by Crippen LogP contribution is 2.31. The molecule has 2 rings (SSSR count). The van der Waals surface area contributed by atoms with Crippen LogP contribution in [0.5, 0.6) is 0 Å². The van der Waals surface area contributed by atoms with E-state index in [4.69, 9.17) is 28.9 Å². The predicted molar refractivity (Wildman–Crippen MR) is 76.8 cm³/mol. The van der Waals surface area contributed by atoms with Crippen LogP contribution >= 0.6 is 23.2 Å². The first-order valence-electron chi connectivity index (χ1n) is 5.75. The number of nitrogen functional groups attached to an aromatic ring is 1. The van der Waals surface area contributed by atoms with Gasteiger partial charge in [0.15, 0.2) is 0 Å². The standard InChI is InChI=1S/C13H15Cl2N3/c1-4-9-7(2)17-18(8(9)3)13-6-11(15)10(14)5-12(13)16/h5-6H,4,16H2,1-3H3. The van der Waals surface area contributed by atoms with Crippen molar-refractivity contribution >= 4 is 28.9 Å². The number of nitrogens with two attached hydrogens (primary N) is 1. The number of aromatic nitrogens is 2. The van der Waals surface area contributed by atoms with Crippen molar-refractivity contribution in [2.75, 3.05) is 5.73 Å². The summed E-state index contributed by atoms with van der Waals surface area (Å²) in [4.78, 5) is 0. The van der Waals surface area contributed by atoms with E-state index in [-0.39, 0.29) is 0 Å². The van der Waals surface area contributed by atoms with Crippen molar-refractivity contribution in [3.8, 4) is 5.69 Å². The quantitative estimate of drug-likeness (QED) is 0.849. The van der Waals surface area contributed by atoms with Gasteiger partial charge in [-0.1, -0.05) is 30.1 Å². The van der Waals surface area contributed by atoms with Crippen LogP contribution in [-0.4, -0.2) is 9.78 Å². The Morgan fingerprint density at radius 2 is 1.83 bits per heavy atom. The number of aryl methyl sites for hydroxylation is 1. The summed E-state index contributed by atoms with van der Waals surface area (Å²) in [6.45, 7) is 6.14. The molecule has 0 aliphatic rings. The maximum absolute atomic E-state index is 6.04. The van der Waals surface area contributed by atoms with Crippen LogP contribution in [0.4, 0.5) is 5.69 Å². The first-order chi connectivity index (χ1) is 8.45.